The molecule has 2 atom stereocenters. The molecule has 0 saturated heterocycles. The number of ether oxygens (including phenoxy) is 1. The lowest BCUT2D eigenvalue weighted by Crippen LogP contribution is -2.07. The Balaban J connectivity index is 1.97. The summed E-state index contributed by atoms with van der Waals surface area (Å²) >= 11 is 0. The van der Waals surface area contributed by atoms with E-state index in [9.17, 15) is 4.79 Å². The van der Waals surface area contributed by atoms with Crippen LogP contribution in [0.3, 0.4) is 0 Å². The maximum absolute atomic E-state index is 11.6. The van der Waals surface area contributed by atoms with Gasteiger partial charge in [0, 0.05) is 0 Å². The zero-order valence-corrected chi connectivity index (χ0v) is 13.6. The number of esters is 1. The Morgan fingerprint density at radius 3 is 2.45 bits per heavy atom. The Kier molecular flexibility index (Phi) is 5.76. The molecule has 0 fully saturated rings. The molecule has 2 rings (SSSR count). The summed E-state index contributed by atoms with van der Waals surface area (Å²) < 4.78 is 4.78. The molecule has 22 heavy (non-hydrogen) atoms. The smallest absolute Gasteiger partial charge is 0.337 e. The maximum atomic E-state index is 11.6. The highest BCUT2D eigenvalue weighted by Gasteiger charge is 2.12. The van der Waals surface area contributed by atoms with E-state index in [-0.39, 0.29) is 5.97 Å². The Bertz CT molecular complexity index is 604. The highest BCUT2D eigenvalue weighted by Crippen LogP contribution is 2.25. The molecule has 0 spiro atoms. The van der Waals surface area contributed by atoms with Gasteiger partial charge in [-0.15, -0.1) is 0 Å². The first-order chi connectivity index (χ1) is 10.6. The number of carbonyl (C=O) groups excluding carboxylic acids is 1. The van der Waals surface area contributed by atoms with E-state index in [1.165, 1.54) is 18.2 Å². The molecule has 0 bridgehead atoms. The van der Waals surface area contributed by atoms with Crippen molar-refractivity contribution in [2.75, 3.05) is 7.11 Å². The van der Waals surface area contributed by atoms with Crippen LogP contribution in [0.2, 0.25) is 0 Å². The summed E-state index contributed by atoms with van der Waals surface area (Å²) in [5.74, 6) is 0.829. The molecule has 2 nitrogen and oxygen atoms in total. The lowest BCUT2D eigenvalue weighted by atomic mass is 9.87. The van der Waals surface area contributed by atoms with E-state index in [0.29, 0.717) is 17.4 Å². The number of hydrogen-bond donors (Lipinski definition) is 0. The van der Waals surface area contributed by atoms with Crippen LogP contribution in [-0.2, 0) is 11.2 Å². The van der Waals surface area contributed by atoms with Gasteiger partial charge >= 0.3 is 5.97 Å². The van der Waals surface area contributed by atoms with Gasteiger partial charge in [0.15, 0.2) is 0 Å². The highest BCUT2D eigenvalue weighted by molar-refractivity contribution is 5.89. The van der Waals surface area contributed by atoms with Gasteiger partial charge in [-0.05, 0) is 47.9 Å². The fourth-order valence-corrected chi connectivity index (χ4v) is 2.95. The van der Waals surface area contributed by atoms with E-state index in [4.69, 9.17) is 4.74 Å². The first kappa shape index (κ1) is 16.3. The van der Waals surface area contributed by atoms with Crippen LogP contribution in [0.1, 0.15) is 47.7 Å². The van der Waals surface area contributed by atoms with Gasteiger partial charge in [-0.3, -0.25) is 0 Å². The van der Waals surface area contributed by atoms with E-state index in [2.05, 4.69) is 50.2 Å². The fraction of sp³-hybridized carbons (Fsp3) is 0.350. The van der Waals surface area contributed by atoms with E-state index in [1.807, 2.05) is 12.1 Å². The first-order valence-electron chi connectivity index (χ1n) is 7.82. The summed E-state index contributed by atoms with van der Waals surface area (Å²) in [5.41, 5.74) is 3.21. The van der Waals surface area contributed by atoms with Crippen LogP contribution in [0.25, 0.3) is 0 Å². The third-order valence-electron chi connectivity index (χ3n) is 4.06. The van der Waals surface area contributed by atoms with Crippen LogP contribution < -0.4 is 0 Å². The van der Waals surface area contributed by atoms with Crippen molar-refractivity contribution < 1.29 is 9.53 Å². The summed E-state index contributed by atoms with van der Waals surface area (Å²) in [7, 11) is 1.42. The summed E-state index contributed by atoms with van der Waals surface area (Å²) in [5, 5.41) is 0. The van der Waals surface area contributed by atoms with Crippen molar-refractivity contribution in [2.24, 2.45) is 5.92 Å². The summed E-state index contributed by atoms with van der Waals surface area (Å²) in [6.45, 7) is 4.54. The molecule has 0 aliphatic heterocycles. The normalized spacial score (nSPS) is 13.4. The Hall–Kier alpha value is -2.09. The van der Waals surface area contributed by atoms with Crippen molar-refractivity contribution in [3.8, 4) is 0 Å². The molecule has 0 amide bonds. The van der Waals surface area contributed by atoms with Gasteiger partial charge in [0.25, 0.3) is 0 Å². The fourth-order valence-electron chi connectivity index (χ4n) is 2.95. The van der Waals surface area contributed by atoms with E-state index in [0.717, 1.165) is 12.8 Å². The summed E-state index contributed by atoms with van der Waals surface area (Å²) in [6.07, 6.45) is 2.11. The van der Waals surface area contributed by atoms with Gasteiger partial charge in [0.1, 0.15) is 0 Å². The average Bonchev–Trinajstić information content (AvgIpc) is 2.55. The van der Waals surface area contributed by atoms with E-state index < -0.39 is 0 Å². The molecule has 0 radical (unpaired) electrons. The highest BCUT2D eigenvalue weighted by atomic mass is 16.5. The van der Waals surface area contributed by atoms with Gasteiger partial charge in [-0.1, -0.05) is 56.3 Å². The number of hydrogen-bond acceptors (Lipinski definition) is 2. The van der Waals surface area contributed by atoms with Gasteiger partial charge < -0.3 is 4.74 Å². The van der Waals surface area contributed by atoms with Crippen molar-refractivity contribution >= 4 is 5.97 Å². The minimum absolute atomic E-state index is 0.271. The number of rotatable bonds is 6. The molecule has 0 saturated carbocycles. The van der Waals surface area contributed by atoms with Crippen LogP contribution in [0.5, 0.6) is 0 Å². The maximum Gasteiger partial charge on any atom is 0.337 e. The SMILES string of the molecule is COC(=O)c1cccc(C[C@H](C)C[C@@H](C)c2ccccc2)c1. The van der Waals surface area contributed by atoms with Gasteiger partial charge in [0.2, 0.25) is 0 Å². The zero-order chi connectivity index (χ0) is 15.9. The standard InChI is InChI=1S/C20H24O2/c1-15(12-16(2)18-9-5-4-6-10-18)13-17-8-7-11-19(14-17)20(21)22-3/h4-11,14-16H,12-13H2,1-3H3/t15-,16-/m1/s1. The Labute approximate surface area is 133 Å². The molecule has 0 aromatic heterocycles. The topological polar surface area (TPSA) is 26.3 Å². The minimum atomic E-state index is -0.271. The molecule has 2 aromatic carbocycles. The number of benzene rings is 2. The van der Waals surface area contributed by atoms with Gasteiger partial charge in [-0.25, -0.2) is 4.79 Å². The third kappa shape index (κ3) is 4.45. The average molecular weight is 296 g/mol. The van der Waals surface area contributed by atoms with Crippen LogP contribution in [0.4, 0.5) is 0 Å². The second kappa shape index (κ2) is 7.79. The molecule has 2 heteroatoms. The minimum Gasteiger partial charge on any atom is -0.465 e. The molecule has 2 aromatic rings. The van der Waals surface area contributed by atoms with Crippen molar-refractivity contribution in [1.82, 2.24) is 0 Å². The van der Waals surface area contributed by atoms with Crippen molar-refractivity contribution in [3.05, 3.63) is 71.3 Å². The molecule has 0 unspecified atom stereocenters. The van der Waals surface area contributed by atoms with Crippen LogP contribution >= 0.6 is 0 Å². The van der Waals surface area contributed by atoms with E-state index >= 15 is 0 Å². The molecule has 0 aliphatic rings. The lowest BCUT2D eigenvalue weighted by Gasteiger charge is -2.18. The molecule has 0 N–H and O–H groups in total. The third-order valence-corrected chi connectivity index (χ3v) is 4.06. The van der Waals surface area contributed by atoms with Crippen molar-refractivity contribution in [1.29, 1.82) is 0 Å². The van der Waals surface area contributed by atoms with Gasteiger partial charge in [-0.2, -0.15) is 0 Å². The van der Waals surface area contributed by atoms with Crippen LogP contribution in [-0.4, -0.2) is 13.1 Å². The first-order valence-corrected chi connectivity index (χ1v) is 7.82. The predicted molar refractivity (Wildman–Crippen MR) is 90.1 cm³/mol. The van der Waals surface area contributed by atoms with Crippen molar-refractivity contribution in [3.63, 3.8) is 0 Å². The lowest BCUT2D eigenvalue weighted by molar-refractivity contribution is 0.0600. The number of methoxy groups -OCH3 is 1. The zero-order valence-electron chi connectivity index (χ0n) is 13.6. The van der Waals surface area contributed by atoms with E-state index in [1.54, 1.807) is 6.07 Å². The molecule has 0 aliphatic carbocycles. The molecular weight excluding hydrogens is 272 g/mol. The van der Waals surface area contributed by atoms with Crippen LogP contribution in [0, 0.1) is 5.92 Å². The second-order valence-corrected chi connectivity index (χ2v) is 6.05. The predicted octanol–water partition coefficient (Wildman–Crippen LogP) is 4.85. The monoisotopic (exact) mass is 296 g/mol. The largest absolute Gasteiger partial charge is 0.465 e. The van der Waals surface area contributed by atoms with Crippen LogP contribution in [0.15, 0.2) is 54.6 Å². The molecular formula is C20H24O2. The molecule has 116 valence electrons. The summed E-state index contributed by atoms with van der Waals surface area (Å²) in [4.78, 5) is 11.6. The Morgan fingerprint density at radius 2 is 1.77 bits per heavy atom. The second-order valence-electron chi connectivity index (χ2n) is 6.05. The van der Waals surface area contributed by atoms with Gasteiger partial charge in [0.05, 0.1) is 12.7 Å². The summed E-state index contributed by atoms with van der Waals surface area (Å²) in [6, 6.07) is 18.4. The van der Waals surface area contributed by atoms with Crippen molar-refractivity contribution in [2.45, 2.75) is 32.6 Å². The molecule has 0 heterocycles. The number of carbonyl (C=O) groups is 1. The quantitative estimate of drug-likeness (QED) is 0.713. The Morgan fingerprint density at radius 1 is 1.05 bits per heavy atom.